The number of anilines is 1. The van der Waals surface area contributed by atoms with E-state index >= 15 is 0 Å². The predicted octanol–water partition coefficient (Wildman–Crippen LogP) is 4.66. The maximum Gasteiger partial charge on any atom is 0.418 e. The number of nitro benzene ring substituents is 1. The number of hydrogen-bond donors (Lipinski definition) is 1. The third-order valence-electron chi connectivity index (χ3n) is 3.84. The Morgan fingerprint density at radius 3 is 2.27 bits per heavy atom. The van der Waals surface area contributed by atoms with Crippen LogP contribution in [0.4, 0.5) is 24.5 Å². The highest BCUT2D eigenvalue weighted by Gasteiger charge is 2.34. The summed E-state index contributed by atoms with van der Waals surface area (Å²) in [6.07, 6.45) is -5.99. The third kappa shape index (κ3) is 6.21. The zero-order chi connectivity index (χ0) is 22.5. The van der Waals surface area contributed by atoms with Crippen LogP contribution in [0.15, 0.2) is 53.4 Å². The van der Waals surface area contributed by atoms with Gasteiger partial charge in [0.25, 0.3) is 11.6 Å². The largest absolute Gasteiger partial charge is 0.452 e. The number of halogens is 3. The molecule has 2 rings (SSSR count). The van der Waals surface area contributed by atoms with Crippen molar-refractivity contribution in [1.82, 2.24) is 0 Å². The zero-order valence-electron chi connectivity index (χ0n) is 15.8. The Bertz CT molecular complexity index is 935. The van der Waals surface area contributed by atoms with Gasteiger partial charge in [-0.25, -0.2) is 0 Å². The second-order valence-corrected chi connectivity index (χ2v) is 7.54. The summed E-state index contributed by atoms with van der Waals surface area (Å²) >= 11 is 1.06. The van der Waals surface area contributed by atoms with E-state index in [2.05, 4.69) is 5.32 Å². The Balaban J connectivity index is 1.96. The van der Waals surface area contributed by atoms with E-state index in [1.165, 1.54) is 50.2 Å². The monoisotopic (exact) mass is 442 g/mol. The lowest BCUT2D eigenvalue weighted by molar-refractivity contribution is -0.384. The average Bonchev–Trinajstić information content (AvgIpc) is 2.67. The Kier molecular flexibility index (Phi) is 7.43. The number of hydrogen-bond acceptors (Lipinski definition) is 6. The van der Waals surface area contributed by atoms with Gasteiger partial charge in [-0.05, 0) is 38.1 Å². The Morgan fingerprint density at radius 2 is 1.70 bits per heavy atom. The number of alkyl halides is 3. The lowest BCUT2D eigenvalue weighted by Crippen LogP contribution is -2.33. The molecule has 0 aliphatic carbocycles. The van der Waals surface area contributed by atoms with E-state index < -0.39 is 45.6 Å². The SMILES string of the molecule is CC(OC(=O)C(C)Sc1ccc([N+](=O)[O-])cc1)C(=O)Nc1ccccc1C(F)(F)F. The maximum absolute atomic E-state index is 13.0. The third-order valence-corrected chi connectivity index (χ3v) is 4.94. The first kappa shape index (κ1) is 23.2. The van der Waals surface area contributed by atoms with Gasteiger partial charge in [-0.1, -0.05) is 12.1 Å². The summed E-state index contributed by atoms with van der Waals surface area (Å²) in [5.41, 5.74) is -1.55. The molecule has 1 amide bonds. The van der Waals surface area contributed by atoms with Crippen molar-refractivity contribution in [2.24, 2.45) is 0 Å². The molecular formula is C19H17F3N2O5S. The van der Waals surface area contributed by atoms with Gasteiger partial charge in [0.15, 0.2) is 6.10 Å². The standard InChI is InChI=1S/C19H17F3N2O5S/c1-11(17(25)23-16-6-4-3-5-15(16)19(20,21)22)29-18(26)12(2)30-14-9-7-13(8-10-14)24(27)28/h3-12H,1-2H3,(H,23,25). The second-order valence-electron chi connectivity index (χ2n) is 6.12. The number of para-hydroxylation sites is 1. The van der Waals surface area contributed by atoms with Crippen LogP contribution in [0, 0.1) is 10.1 Å². The van der Waals surface area contributed by atoms with Crippen molar-refractivity contribution in [2.45, 2.75) is 36.3 Å². The number of esters is 1. The predicted molar refractivity (Wildman–Crippen MR) is 104 cm³/mol. The summed E-state index contributed by atoms with van der Waals surface area (Å²) in [7, 11) is 0. The van der Waals surface area contributed by atoms with Gasteiger partial charge in [0.1, 0.15) is 5.25 Å². The highest BCUT2D eigenvalue weighted by atomic mass is 32.2. The molecule has 0 saturated heterocycles. The van der Waals surface area contributed by atoms with Crippen LogP contribution in [0.2, 0.25) is 0 Å². The van der Waals surface area contributed by atoms with Crippen LogP contribution in [0.1, 0.15) is 19.4 Å². The van der Waals surface area contributed by atoms with Gasteiger partial charge in [0, 0.05) is 17.0 Å². The molecule has 0 aliphatic heterocycles. The van der Waals surface area contributed by atoms with Crippen molar-refractivity contribution in [3.05, 3.63) is 64.2 Å². The molecule has 2 aromatic carbocycles. The van der Waals surface area contributed by atoms with Crippen molar-refractivity contribution < 1.29 is 32.4 Å². The Morgan fingerprint density at radius 1 is 1.10 bits per heavy atom. The quantitative estimate of drug-likeness (QED) is 0.290. The van der Waals surface area contributed by atoms with Crippen LogP contribution in [0.3, 0.4) is 0 Å². The van der Waals surface area contributed by atoms with Crippen LogP contribution in [0.25, 0.3) is 0 Å². The molecule has 0 spiro atoms. The molecule has 0 radical (unpaired) electrons. The second kappa shape index (κ2) is 9.61. The number of ether oxygens (including phenoxy) is 1. The summed E-state index contributed by atoms with van der Waals surface area (Å²) in [6, 6.07) is 9.97. The highest BCUT2D eigenvalue weighted by molar-refractivity contribution is 8.00. The van der Waals surface area contributed by atoms with E-state index in [9.17, 15) is 32.9 Å². The summed E-state index contributed by atoms with van der Waals surface area (Å²) in [6.45, 7) is 2.75. The molecule has 2 unspecified atom stereocenters. The van der Waals surface area contributed by atoms with Crippen molar-refractivity contribution in [2.75, 3.05) is 5.32 Å². The minimum absolute atomic E-state index is 0.0981. The molecule has 1 N–H and O–H groups in total. The lowest BCUT2D eigenvalue weighted by Gasteiger charge is -2.18. The first-order valence-corrected chi connectivity index (χ1v) is 9.45. The number of nitro groups is 1. The summed E-state index contributed by atoms with van der Waals surface area (Å²) in [4.78, 5) is 35.1. The number of benzene rings is 2. The van der Waals surface area contributed by atoms with Gasteiger partial charge in [-0.15, -0.1) is 11.8 Å². The first-order valence-electron chi connectivity index (χ1n) is 8.57. The van der Waals surface area contributed by atoms with Crippen molar-refractivity contribution >= 4 is 35.0 Å². The van der Waals surface area contributed by atoms with E-state index in [0.29, 0.717) is 4.90 Å². The fourth-order valence-electron chi connectivity index (χ4n) is 2.30. The van der Waals surface area contributed by atoms with Gasteiger partial charge >= 0.3 is 12.1 Å². The Labute approximate surface area is 173 Å². The topological polar surface area (TPSA) is 98.5 Å². The number of carbonyl (C=O) groups excluding carboxylic acids is 2. The van der Waals surface area contributed by atoms with Crippen molar-refractivity contribution in [3.63, 3.8) is 0 Å². The number of rotatable bonds is 7. The van der Waals surface area contributed by atoms with Crippen LogP contribution in [-0.2, 0) is 20.5 Å². The maximum atomic E-state index is 13.0. The van der Waals surface area contributed by atoms with E-state index in [4.69, 9.17) is 4.74 Å². The molecule has 30 heavy (non-hydrogen) atoms. The normalized spacial score (nSPS) is 13.2. The van der Waals surface area contributed by atoms with E-state index in [1.807, 2.05) is 0 Å². The van der Waals surface area contributed by atoms with E-state index in [-0.39, 0.29) is 5.69 Å². The Hall–Kier alpha value is -3.08. The van der Waals surface area contributed by atoms with Crippen LogP contribution >= 0.6 is 11.8 Å². The van der Waals surface area contributed by atoms with Crippen LogP contribution in [0.5, 0.6) is 0 Å². The lowest BCUT2D eigenvalue weighted by atomic mass is 10.1. The molecule has 0 bridgehead atoms. The fraction of sp³-hybridized carbons (Fsp3) is 0.263. The van der Waals surface area contributed by atoms with Gasteiger partial charge in [0.2, 0.25) is 0 Å². The smallest absolute Gasteiger partial charge is 0.418 e. The van der Waals surface area contributed by atoms with Gasteiger partial charge in [0.05, 0.1) is 16.2 Å². The molecule has 160 valence electrons. The summed E-state index contributed by atoms with van der Waals surface area (Å²) in [5.74, 6) is -1.67. The number of amides is 1. The highest BCUT2D eigenvalue weighted by Crippen LogP contribution is 2.34. The zero-order valence-corrected chi connectivity index (χ0v) is 16.6. The van der Waals surface area contributed by atoms with Gasteiger partial charge < -0.3 is 10.1 Å². The molecule has 7 nitrogen and oxygen atoms in total. The average molecular weight is 442 g/mol. The molecular weight excluding hydrogens is 425 g/mol. The fourth-order valence-corrected chi connectivity index (χ4v) is 3.15. The van der Waals surface area contributed by atoms with E-state index in [1.54, 1.807) is 0 Å². The summed E-state index contributed by atoms with van der Waals surface area (Å²) < 4.78 is 44.1. The molecule has 0 saturated carbocycles. The minimum Gasteiger partial charge on any atom is -0.452 e. The van der Waals surface area contributed by atoms with Gasteiger partial charge in [-0.2, -0.15) is 13.2 Å². The first-order chi connectivity index (χ1) is 14.0. The number of nitrogens with zero attached hydrogens (tertiary/aromatic N) is 1. The molecule has 2 aromatic rings. The molecule has 11 heteroatoms. The molecule has 0 aliphatic rings. The number of thioether (sulfide) groups is 1. The van der Waals surface area contributed by atoms with Crippen molar-refractivity contribution in [1.29, 1.82) is 0 Å². The number of nitrogens with one attached hydrogen (secondary N) is 1. The number of non-ortho nitro benzene ring substituents is 1. The summed E-state index contributed by atoms with van der Waals surface area (Å²) in [5, 5.41) is 12.0. The molecule has 0 fully saturated rings. The minimum atomic E-state index is -4.65. The van der Waals surface area contributed by atoms with Crippen molar-refractivity contribution in [3.8, 4) is 0 Å². The molecule has 2 atom stereocenters. The van der Waals surface area contributed by atoms with Gasteiger partial charge in [-0.3, -0.25) is 19.7 Å². The van der Waals surface area contributed by atoms with E-state index in [0.717, 1.165) is 23.9 Å². The number of carbonyl (C=O) groups is 2. The molecule has 0 heterocycles. The van der Waals surface area contributed by atoms with Crippen LogP contribution in [-0.4, -0.2) is 28.2 Å². The molecule has 0 aromatic heterocycles. The van der Waals surface area contributed by atoms with Crippen LogP contribution < -0.4 is 5.32 Å².